The second-order valence-corrected chi connectivity index (χ2v) is 10.3. The fourth-order valence-corrected chi connectivity index (χ4v) is 5.23. The van der Waals surface area contributed by atoms with Gasteiger partial charge in [0, 0.05) is 18.7 Å². The van der Waals surface area contributed by atoms with Crippen LogP contribution in [-0.4, -0.2) is 44.2 Å². The molecule has 1 fully saturated rings. The van der Waals surface area contributed by atoms with Gasteiger partial charge in [-0.1, -0.05) is 97.6 Å². The Kier molecular flexibility index (Phi) is 9.11. The van der Waals surface area contributed by atoms with Gasteiger partial charge in [-0.05, 0) is 41.4 Å². The maximum Gasteiger partial charge on any atom is 0.323 e. The Labute approximate surface area is 226 Å². The van der Waals surface area contributed by atoms with Crippen molar-refractivity contribution >= 4 is 46.3 Å². The highest BCUT2D eigenvalue weighted by atomic mass is 32.2. The molecule has 4 rings (SSSR count). The van der Waals surface area contributed by atoms with Gasteiger partial charge in [-0.3, -0.25) is 19.4 Å². The van der Waals surface area contributed by atoms with Crippen molar-refractivity contribution in [2.24, 2.45) is 0 Å². The van der Waals surface area contributed by atoms with E-state index in [1.165, 1.54) is 5.56 Å². The maximum atomic E-state index is 12.7. The molecule has 1 aliphatic rings. The fraction of sp³-hybridized carbons (Fsp3) is 0.207. The molecule has 190 valence electrons. The minimum Gasteiger partial charge on any atom is -0.489 e. The second-order valence-electron chi connectivity index (χ2n) is 8.59. The monoisotopic (exact) mass is 532 g/mol. The molecule has 6 nitrogen and oxygen atoms in total. The van der Waals surface area contributed by atoms with E-state index in [1.54, 1.807) is 6.08 Å². The van der Waals surface area contributed by atoms with Crippen LogP contribution in [0.3, 0.4) is 0 Å². The van der Waals surface area contributed by atoms with E-state index in [9.17, 15) is 9.59 Å². The van der Waals surface area contributed by atoms with Crippen LogP contribution in [-0.2, 0) is 29.3 Å². The van der Waals surface area contributed by atoms with Crippen LogP contribution in [0.4, 0.5) is 0 Å². The smallest absolute Gasteiger partial charge is 0.323 e. The lowest BCUT2D eigenvalue weighted by Gasteiger charge is -2.22. The van der Waals surface area contributed by atoms with E-state index in [-0.39, 0.29) is 10.2 Å². The molecule has 0 aromatic heterocycles. The average molecular weight is 533 g/mol. The van der Waals surface area contributed by atoms with Crippen LogP contribution >= 0.6 is 24.0 Å². The standard InChI is InChI=1S/C29H28N2O4S2/c1-2-30(17-21-9-5-3-6-10-21)18-24-15-23(13-14-25(24)35-20-22-11-7-4-8-12-22)16-26-28(34)31(19-27(32)33)29(36)37-26/h3-16H,2,17-20H2,1H3,(H,32,33)/b26-16-. The SMILES string of the molecule is CCN(Cc1ccccc1)Cc1cc(/C=C2\SC(=S)N(CC(=O)O)C2=O)ccc1OCc1ccccc1. The van der Waals surface area contributed by atoms with Gasteiger partial charge in [0.15, 0.2) is 0 Å². The molecule has 37 heavy (non-hydrogen) atoms. The molecular formula is C29H28N2O4S2. The number of ether oxygens (including phenoxy) is 1. The summed E-state index contributed by atoms with van der Waals surface area (Å²) in [4.78, 5) is 27.7. The summed E-state index contributed by atoms with van der Waals surface area (Å²) in [5, 5.41) is 9.10. The summed E-state index contributed by atoms with van der Waals surface area (Å²) in [6, 6.07) is 26.2. The number of hydrogen-bond acceptors (Lipinski definition) is 6. The summed E-state index contributed by atoms with van der Waals surface area (Å²) in [5.74, 6) is -0.702. The van der Waals surface area contributed by atoms with E-state index in [0.29, 0.717) is 18.1 Å². The topological polar surface area (TPSA) is 70.1 Å². The second kappa shape index (κ2) is 12.7. The minimum atomic E-state index is -1.10. The van der Waals surface area contributed by atoms with Crippen molar-refractivity contribution in [3.05, 3.63) is 106 Å². The Balaban J connectivity index is 1.59. The molecule has 0 atom stereocenters. The molecule has 1 aliphatic heterocycles. The van der Waals surface area contributed by atoms with Crippen molar-refractivity contribution in [1.82, 2.24) is 9.80 Å². The van der Waals surface area contributed by atoms with Crippen LogP contribution in [0.2, 0.25) is 0 Å². The third-order valence-electron chi connectivity index (χ3n) is 5.88. The lowest BCUT2D eigenvalue weighted by atomic mass is 10.1. The Morgan fingerprint density at radius 3 is 2.35 bits per heavy atom. The van der Waals surface area contributed by atoms with Gasteiger partial charge < -0.3 is 9.84 Å². The molecule has 3 aromatic rings. The van der Waals surface area contributed by atoms with E-state index in [2.05, 4.69) is 24.0 Å². The number of carboxylic acids is 1. The van der Waals surface area contributed by atoms with Crippen LogP contribution < -0.4 is 4.74 Å². The number of benzene rings is 3. The molecule has 1 heterocycles. The highest BCUT2D eigenvalue weighted by Gasteiger charge is 2.33. The quantitative estimate of drug-likeness (QED) is 0.256. The molecule has 1 N–H and O–H groups in total. The Bertz CT molecular complexity index is 1300. The van der Waals surface area contributed by atoms with Crippen molar-refractivity contribution in [2.75, 3.05) is 13.1 Å². The first-order valence-electron chi connectivity index (χ1n) is 12.0. The number of rotatable bonds is 11. The minimum absolute atomic E-state index is 0.252. The summed E-state index contributed by atoms with van der Waals surface area (Å²) < 4.78 is 6.48. The third-order valence-corrected chi connectivity index (χ3v) is 7.25. The predicted molar refractivity (Wildman–Crippen MR) is 151 cm³/mol. The number of carboxylic acid groups (broad SMARTS) is 1. The maximum absolute atomic E-state index is 12.7. The number of carbonyl (C=O) groups excluding carboxylic acids is 1. The lowest BCUT2D eigenvalue weighted by molar-refractivity contribution is -0.140. The molecule has 3 aromatic carbocycles. The van der Waals surface area contributed by atoms with Gasteiger partial charge >= 0.3 is 5.97 Å². The van der Waals surface area contributed by atoms with E-state index >= 15 is 0 Å². The zero-order valence-corrected chi connectivity index (χ0v) is 22.1. The van der Waals surface area contributed by atoms with Crippen LogP contribution in [0.1, 0.15) is 29.2 Å². The molecule has 0 unspecified atom stereocenters. The molecule has 0 aliphatic carbocycles. The summed E-state index contributed by atoms with van der Waals surface area (Å²) in [7, 11) is 0. The molecular weight excluding hydrogens is 504 g/mol. The van der Waals surface area contributed by atoms with Gasteiger partial charge in [-0.2, -0.15) is 0 Å². The molecule has 1 saturated heterocycles. The number of thiocarbonyl (C=S) groups is 1. The zero-order valence-electron chi connectivity index (χ0n) is 20.5. The van der Waals surface area contributed by atoms with E-state index in [4.69, 9.17) is 22.1 Å². The van der Waals surface area contributed by atoms with Crippen molar-refractivity contribution < 1.29 is 19.4 Å². The summed E-state index contributed by atoms with van der Waals surface area (Å²) >= 11 is 6.35. The first kappa shape index (κ1) is 26.6. The van der Waals surface area contributed by atoms with E-state index in [0.717, 1.165) is 52.2 Å². The Morgan fingerprint density at radius 2 is 1.70 bits per heavy atom. The normalized spacial score (nSPS) is 14.5. The first-order chi connectivity index (χ1) is 17.9. The van der Waals surface area contributed by atoms with Gasteiger partial charge in [0.05, 0.1) is 4.91 Å². The first-order valence-corrected chi connectivity index (χ1v) is 13.2. The predicted octanol–water partition coefficient (Wildman–Crippen LogP) is 5.57. The fourth-order valence-electron chi connectivity index (χ4n) is 3.97. The van der Waals surface area contributed by atoms with Crippen LogP contribution in [0.25, 0.3) is 6.08 Å². The van der Waals surface area contributed by atoms with Gasteiger partial charge in [0.1, 0.15) is 23.2 Å². The third kappa shape index (κ3) is 7.29. The molecule has 0 radical (unpaired) electrons. The van der Waals surface area contributed by atoms with Crippen LogP contribution in [0.15, 0.2) is 83.8 Å². The average Bonchev–Trinajstić information content (AvgIpc) is 3.16. The van der Waals surface area contributed by atoms with Crippen molar-refractivity contribution in [2.45, 2.75) is 26.6 Å². The zero-order chi connectivity index (χ0) is 26.2. The highest BCUT2D eigenvalue weighted by Crippen LogP contribution is 2.33. The van der Waals surface area contributed by atoms with Crippen LogP contribution in [0.5, 0.6) is 5.75 Å². The number of carbonyl (C=O) groups is 2. The van der Waals surface area contributed by atoms with Gasteiger partial charge in [0.2, 0.25) is 0 Å². The number of aliphatic carboxylic acids is 1. The Hall–Kier alpha value is -3.46. The van der Waals surface area contributed by atoms with Gasteiger partial charge in [-0.25, -0.2) is 0 Å². The van der Waals surface area contributed by atoms with Crippen molar-refractivity contribution in [3.63, 3.8) is 0 Å². The Morgan fingerprint density at radius 1 is 1.03 bits per heavy atom. The summed E-state index contributed by atoms with van der Waals surface area (Å²) in [5.41, 5.74) is 4.14. The van der Waals surface area contributed by atoms with Crippen molar-refractivity contribution in [3.8, 4) is 5.75 Å². The number of amides is 1. The largest absolute Gasteiger partial charge is 0.489 e. The molecule has 0 bridgehead atoms. The summed E-state index contributed by atoms with van der Waals surface area (Å²) in [6.07, 6.45) is 1.76. The van der Waals surface area contributed by atoms with E-state index < -0.39 is 12.5 Å². The van der Waals surface area contributed by atoms with Gasteiger partial charge in [0.25, 0.3) is 5.91 Å². The van der Waals surface area contributed by atoms with Crippen molar-refractivity contribution in [1.29, 1.82) is 0 Å². The highest BCUT2D eigenvalue weighted by molar-refractivity contribution is 8.26. The summed E-state index contributed by atoms with van der Waals surface area (Å²) in [6.45, 7) is 4.46. The number of thioether (sulfide) groups is 1. The number of hydrogen-bond donors (Lipinski definition) is 1. The molecule has 0 spiro atoms. The van der Waals surface area contributed by atoms with Gasteiger partial charge in [-0.15, -0.1) is 0 Å². The number of nitrogens with zero attached hydrogens (tertiary/aromatic N) is 2. The lowest BCUT2D eigenvalue weighted by Crippen LogP contribution is -2.33. The molecule has 1 amide bonds. The van der Waals surface area contributed by atoms with E-state index in [1.807, 2.05) is 66.7 Å². The van der Waals surface area contributed by atoms with Crippen LogP contribution in [0, 0.1) is 0 Å². The molecule has 0 saturated carbocycles. The molecule has 8 heteroatoms.